The van der Waals surface area contributed by atoms with Gasteiger partial charge in [-0.3, -0.25) is 0 Å². The van der Waals surface area contributed by atoms with Crippen LogP contribution in [0.1, 0.15) is 26.7 Å². The molecule has 0 bridgehead atoms. The smallest absolute Gasteiger partial charge is 0.0347 e. The maximum atomic E-state index is 5.98. The number of rotatable bonds is 5. The van der Waals surface area contributed by atoms with E-state index in [1.807, 2.05) is 14.1 Å². The van der Waals surface area contributed by atoms with Gasteiger partial charge in [0.2, 0.25) is 0 Å². The predicted molar refractivity (Wildman–Crippen MR) is 54.0 cm³/mol. The number of hydrogen-bond donors (Lipinski definition) is 2. The van der Waals surface area contributed by atoms with E-state index in [9.17, 15) is 0 Å². The van der Waals surface area contributed by atoms with Gasteiger partial charge in [-0.1, -0.05) is 13.3 Å². The third kappa shape index (κ3) is 3.52. The molecule has 0 saturated heterocycles. The number of hydrogen-bond acceptors (Lipinski definition) is 3. The highest BCUT2D eigenvalue weighted by Crippen LogP contribution is 2.04. The largest absolute Gasteiger partial charge is 0.326 e. The third-order valence-corrected chi connectivity index (χ3v) is 2.49. The van der Waals surface area contributed by atoms with Gasteiger partial charge in [0.1, 0.15) is 0 Å². The molecular weight excluding hydrogens is 150 g/mol. The molecular formula is C9H23N3. The van der Waals surface area contributed by atoms with E-state index in [-0.39, 0.29) is 12.1 Å². The van der Waals surface area contributed by atoms with Gasteiger partial charge in [-0.15, -0.1) is 0 Å². The zero-order valence-electron chi connectivity index (χ0n) is 8.75. The fraction of sp³-hybridized carbons (Fsp3) is 1.00. The molecule has 4 N–H and O–H groups in total. The van der Waals surface area contributed by atoms with Crippen molar-refractivity contribution in [3.63, 3.8) is 0 Å². The molecule has 12 heavy (non-hydrogen) atoms. The van der Waals surface area contributed by atoms with Gasteiger partial charge in [-0.05, 0) is 27.4 Å². The van der Waals surface area contributed by atoms with Crippen molar-refractivity contribution in [2.45, 2.75) is 44.8 Å². The topological polar surface area (TPSA) is 55.3 Å². The molecule has 3 unspecified atom stereocenters. The first kappa shape index (κ1) is 11.9. The minimum absolute atomic E-state index is 0.0833. The van der Waals surface area contributed by atoms with Crippen molar-refractivity contribution in [2.75, 3.05) is 14.1 Å². The highest BCUT2D eigenvalue weighted by molar-refractivity contribution is 4.84. The zero-order valence-corrected chi connectivity index (χ0v) is 8.75. The summed E-state index contributed by atoms with van der Waals surface area (Å²) < 4.78 is 0. The molecule has 0 aromatic carbocycles. The Morgan fingerprint density at radius 2 is 1.75 bits per heavy atom. The second kappa shape index (κ2) is 5.51. The van der Waals surface area contributed by atoms with Crippen molar-refractivity contribution < 1.29 is 0 Å². The third-order valence-electron chi connectivity index (χ3n) is 2.49. The van der Waals surface area contributed by atoms with Crippen molar-refractivity contribution in [3.05, 3.63) is 0 Å². The Bertz CT molecular complexity index is 114. The van der Waals surface area contributed by atoms with Crippen molar-refractivity contribution in [2.24, 2.45) is 11.5 Å². The Hall–Kier alpha value is -0.120. The summed E-state index contributed by atoms with van der Waals surface area (Å²) in [4.78, 5) is 2.11. The van der Waals surface area contributed by atoms with Crippen LogP contribution in [0.25, 0.3) is 0 Å². The second-order valence-electron chi connectivity index (χ2n) is 3.73. The molecule has 3 heteroatoms. The van der Waals surface area contributed by atoms with Crippen LogP contribution in [0.3, 0.4) is 0 Å². The number of likely N-dealkylation sites (N-methyl/N-ethyl adjacent to an activating group) is 1. The minimum atomic E-state index is 0.0833. The molecule has 0 rings (SSSR count). The van der Waals surface area contributed by atoms with Crippen LogP contribution in [0.5, 0.6) is 0 Å². The zero-order chi connectivity index (χ0) is 9.72. The highest BCUT2D eigenvalue weighted by atomic mass is 15.1. The average molecular weight is 173 g/mol. The molecule has 0 aliphatic carbocycles. The fourth-order valence-electron chi connectivity index (χ4n) is 1.23. The van der Waals surface area contributed by atoms with Gasteiger partial charge in [0, 0.05) is 18.1 Å². The Labute approximate surface area is 76.1 Å². The van der Waals surface area contributed by atoms with Crippen LogP contribution >= 0.6 is 0 Å². The SMILES string of the molecule is CCCC(N)C(N)C(C)N(C)C. The highest BCUT2D eigenvalue weighted by Gasteiger charge is 2.20. The van der Waals surface area contributed by atoms with Gasteiger partial charge >= 0.3 is 0 Å². The molecule has 0 radical (unpaired) electrons. The molecule has 0 aliphatic heterocycles. The normalized spacial score (nSPS) is 19.2. The summed E-state index contributed by atoms with van der Waals surface area (Å²) in [7, 11) is 4.06. The van der Waals surface area contributed by atoms with Crippen LogP contribution in [0.15, 0.2) is 0 Å². The van der Waals surface area contributed by atoms with E-state index in [4.69, 9.17) is 11.5 Å². The number of nitrogens with zero attached hydrogens (tertiary/aromatic N) is 1. The Morgan fingerprint density at radius 3 is 2.08 bits per heavy atom. The molecule has 0 aromatic heterocycles. The lowest BCUT2D eigenvalue weighted by Gasteiger charge is -2.30. The summed E-state index contributed by atoms with van der Waals surface area (Å²) >= 11 is 0. The van der Waals surface area contributed by atoms with E-state index in [0.29, 0.717) is 6.04 Å². The van der Waals surface area contributed by atoms with Crippen molar-refractivity contribution in [1.82, 2.24) is 4.90 Å². The van der Waals surface area contributed by atoms with Crippen LogP contribution in [-0.2, 0) is 0 Å². The molecule has 0 fully saturated rings. The van der Waals surface area contributed by atoms with Crippen LogP contribution in [0.4, 0.5) is 0 Å². The van der Waals surface area contributed by atoms with Gasteiger partial charge in [0.25, 0.3) is 0 Å². The van der Waals surface area contributed by atoms with E-state index in [1.165, 1.54) is 0 Å². The van der Waals surface area contributed by atoms with Crippen LogP contribution in [-0.4, -0.2) is 37.1 Å². The van der Waals surface area contributed by atoms with Crippen molar-refractivity contribution in [1.29, 1.82) is 0 Å². The predicted octanol–water partition coefficient (Wildman–Crippen LogP) is 0.391. The monoisotopic (exact) mass is 173 g/mol. The number of nitrogens with two attached hydrogens (primary N) is 2. The molecule has 0 amide bonds. The standard InChI is InChI=1S/C9H23N3/c1-5-6-8(10)9(11)7(2)12(3)4/h7-9H,5-6,10-11H2,1-4H3. The Kier molecular flexibility index (Phi) is 5.46. The first-order valence-electron chi connectivity index (χ1n) is 4.68. The summed E-state index contributed by atoms with van der Waals surface area (Å²) in [6, 6.07) is 0.568. The minimum Gasteiger partial charge on any atom is -0.326 e. The maximum Gasteiger partial charge on any atom is 0.0347 e. The maximum absolute atomic E-state index is 5.98. The van der Waals surface area contributed by atoms with Crippen LogP contribution in [0.2, 0.25) is 0 Å². The van der Waals surface area contributed by atoms with Gasteiger partial charge in [-0.2, -0.15) is 0 Å². The van der Waals surface area contributed by atoms with Gasteiger partial charge in [0.05, 0.1) is 0 Å². The lowest BCUT2D eigenvalue weighted by atomic mass is 9.98. The Morgan fingerprint density at radius 1 is 1.25 bits per heavy atom. The van der Waals surface area contributed by atoms with Crippen LogP contribution < -0.4 is 11.5 Å². The first-order chi connectivity index (χ1) is 5.50. The van der Waals surface area contributed by atoms with Crippen molar-refractivity contribution in [3.8, 4) is 0 Å². The molecule has 3 nitrogen and oxygen atoms in total. The summed E-state index contributed by atoms with van der Waals surface area (Å²) in [5, 5.41) is 0. The summed E-state index contributed by atoms with van der Waals surface area (Å²) in [5.74, 6) is 0. The second-order valence-corrected chi connectivity index (χ2v) is 3.73. The van der Waals surface area contributed by atoms with Gasteiger partial charge in [0.15, 0.2) is 0 Å². The van der Waals surface area contributed by atoms with Crippen LogP contribution in [0, 0.1) is 0 Å². The molecule has 0 aliphatic rings. The lowest BCUT2D eigenvalue weighted by molar-refractivity contribution is 0.247. The molecule has 0 aromatic rings. The quantitative estimate of drug-likeness (QED) is 0.632. The molecule has 0 saturated carbocycles. The fourth-order valence-corrected chi connectivity index (χ4v) is 1.23. The molecule has 3 atom stereocenters. The van der Waals surface area contributed by atoms with Gasteiger partial charge in [-0.25, -0.2) is 0 Å². The van der Waals surface area contributed by atoms with Crippen molar-refractivity contribution >= 4 is 0 Å². The summed E-state index contributed by atoms with van der Waals surface area (Å²) in [6.07, 6.45) is 2.12. The van der Waals surface area contributed by atoms with E-state index >= 15 is 0 Å². The molecule has 0 spiro atoms. The van der Waals surface area contributed by atoms with E-state index in [0.717, 1.165) is 12.8 Å². The first-order valence-corrected chi connectivity index (χ1v) is 4.68. The lowest BCUT2D eigenvalue weighted by Crippen LogP contribution is -2.52. The summed E-state index contributed by atoms with van der Waals surface area (Å²) in [6.45, 7) is 4.24. The van der Waals surface area contributed by atoms with E-state index in [2.05, 4.69) is 18.7 Å². The summed E-state index contributed by atoms with van der Waals surface area (Å²) in [5.41, 5.74) is 11.9. The average Bonchev–Trinajstić information content (AvgIpc) is 2.02. The van der Waals surface area contributed by atoms with Gasteiger partial charge < -0.3 is 16.4 Å². The van der Waals surface area contributed by atoms with E-state index in [1.54, 1.807) is 0 Å². The molecule has 74 valence electrons. The Balaban J connectivity index is 3.90. The molecule has 0 heterocycles. The van der Waals surface area contributed by atoms with E-state index < -0.39 is 0 Å².